The average Bonchev–Trinajstić information content (AvgIpc) is 3.09. The lowest BCUT2D eigenvalue weighted by molar-refractivity contribution is -0.133. The number of carbonyl (C=O) groups is 3. The van der Waals surface area contributed by atoms with E-state index in [1.165, 1.54) is 24.3 Å². The highest BCUT2D eigenvalue weighted by atomic mass is 16.6. The van der Waals surface area contributed by atoms with Gasteiger partial charge in [0.1, 0.15) is 32.4 Å². The molecule has 0 bridgehead atoms. The first-order chi connectivity index (χ1) is 23.3. The maximum atomic E-state index is 13.0. The van der Waals surface area contributed by atoms with Crippen LogP contribution < -0.4 is 22.4 Å². The molecule has 1 amide bonds. The molecule has 0 saturated carbocycles. The number of carbonyl (C=O) groups excluding carboxylic acids is 5. The molecule has 1 aromatic carbocycles. The van der Waals surface area contributed by atoms with Gasteiger partial charge in [-0.1, -0.05) is 56.0 Å². The van der Waals surface area contributed by atoms with Gasteiger partial charge in [-0.25, -0.2) is 52.3 Å². The summed E-state index contributed by atoms with van der Waals surface area (Å²) in [5, 5.41) is 2.58. The van der Waals surface area contributed by atoms with Crippen LogP contribution in [0.5, 0.6) is 0 Å². The number of ketones is 1. The first-order valence-corrected chi connectivity index (χ1v) is 15.3. The van der Waals surface area contributed by atoms with Gasteiger partial charge in [-0.2, -0.15) is 4.99 Å². The number of isocyanates is 2. The maximum Gasteiger partial charge on any atom is 0.407 e. The molecule has 0 atom stereocenters. The van der Waals surface area contributed by atoms with Crippen molar-refractivity contribution in [3.8, 4) is 0 Å². The number of esters is 1. The molecule has 0 aliphatic carbocycles. The average molecular weight is 671 g/mol. The number of hydrogen-bond acceptors (Lipinski definition) is 13. The first-order valence-electron chi connectivity index (χ1n) is 15.3. The van der Waals surface area contributed by atoms with Crippen molar-refractivity contribution in [2.24, 2.45) is 9.98 Å². The van der Waals surface area contributed by atoms with E-state index in [9.17, 15) is 38.4 Å². The Morgan fingerprint density at radius 3 is 1.98 bits per heavy atom. The molecule has 0 aliphatic heterocycles. The second-order valence-electron chi connectivity index (χ2n) is 10.1. The fraction of sp³-hybridized carbons (Fsp3) is 0.484. The quantitative estimate of drug-likeness (QED) is 0.0340. The fourth-order valence-electron chi connectivity index (χ4n) is 4.28. The smallest absolute Gasteiger partial charge is 0.407 e. The normalized spacial score (nSPS) is 10.5. The summed E-state index contributed by atoms with van der Waals surface area (Å²) >= 11 is 0. The van der Waals surface area contributed by atoms with Gasteiger partial charge in [0, 0.05) is 25.2 Å². The molecule has 1 aromatic heterocycles. The molecule has 17 nitrogen and oxygen atoms in total. The topological polar surface area (TPSA) is 216 Å². The van der Waals surface area contributed by atoms with Gasteiger partial charge < -0.3 is 19.5 Å². The van der Waals surface area contributed by atoms with E-state index in [1.54, 1.807) is 18.2 Å². The molecule has 258 valence electrons. The number of nitrogens with zero attached hydrogens (tertiary/aromatic N) is 5. The summed E-state index contributed by atoms with van der Waals surface area (Å²) in [4.78, 5) is 102. The van der Waals surface area contributed by atoms with Crippen LogP contribution in [0.1, 0.15) is 61.7 Å². The Bertz CT molecular complexity index is 1650. The molecular formula is C31H38N6O11. The number of amides is 1. The van der Waals surface area contributed by atoms with E-state index in [4.69, 9.17) is 9.47 Å². The summed E-state index contributed by atoms with van der Waals surface area (Å²) < 4.78 is 17.3. The number of nitrogens with one attached hydrogen (secondary N) is 1. The predicted octanol–water partition coefficient (Wildman–Crippen LogP) is 1.56. The van der Waals surface area contributed by atoms with Crippen molar-refractivity contribution in [1.29, 1.82) is 0 Å². The third kappa shape index (κ3) is 13.8. The van der Waals surface area contributed by atoms with E-state index in [1.807, 2.05) is 0 Å². The Morgan fingerprint density at radius 1 is 0.729 bits per heavy atom. The zero-order valence-electron chi connectivity index (χ0n) is 26.4. The highest BCUT2D eigenvalue weighted by Crippen LogP contribution is 2.03. The van der Waals surface area contributed by atoms with Crippen molar-refractivity contribution in [1.82, 2.24) is 19.0 Å². The summed E-state index contributed by atoms with van der Waals surface area (Å²) in [5.41, 5.74) is -2.27. The van der Waals surface area contributed by atoms with Crippen LogP contribution in [0, 0.1) is 0 Å². The third-order valence-electron chi connectivity index (χ3n) is 6.69. The Labute approximate surface area is 274 Å². The summed E-state index contributed by atoms with van der Waals surface area (Å²) in [7, 11) is 0. The summed E-state index contributed by atoms with van der Waals surface area (Å²) in [6, 6.07) is 7.92. The monoisotopic (exact) mass is 670 g/mol. The van der Waals surface area contributed by atoms with Crippen molar-refractivity contribution in [3.63, 3.8) is 0 Å². The Kier molecular flexibility index (Phi) is 18.3. The number of ether oxygens (including phenoxy) is 3. The first kappa shape index (κ1) is 38.5. The van der Waals surface area contributed by atoms with E-state index < -0.39 is 41.6 Å². The largest absolute Gasteiger partial charge is 0.494 e. The number of benzene rings is 1. The van der Waals surface area contributed by atoms with E-state index in [-0.39, 0.29) is 31.9 Å². The predicted molar refractivity (Wildman–Crippen MR) is 169 cm³/mol. The van der Waals surface area contributed by atoms with Gasteiger partial charge in [-0.3, -0.25) is 4.79 Å². The van der Waals surface area contributed by atoms with Crippen molar-refractivity contribution < 1.29 is 38.2 Å². The molecule has 48 heavy (non-hydrogen) atoms. The molecule has 0 fully saturated rings. The molecular weight excluding hydrogens is 632 g/mol. The molecule has 2 aromatic rings. The minimum atomic E-state index is -1.07. The highest BCUT2D eigenvalue weighted by molar-refractivity contribution is 6.40. The standard InChI is InChI=1S/C31H38N6O11/c38-23-32-14-8-1-3-10-16-35-29(43)36(31(45)37(30(35)44)22-33-24-39)17-11-4-2-9-15-34-28(42)48-21-19-46-18-20-47-27(41)26(40)25-12-6-5-7-13-25/h5-7,12-13,18,20H,1-4,8-11,14-17,19,21-22H2,(H,34,42)/b20-18-. The van der Waals surface area contributed by atoms with Crippen LogP contribution in [0.15, 0.2) is 67.2 Å². The van der Waals surface area contributed by atoms with E-state index in [0.29, 0.717) is 62.6 Å². The molecule has 0 radical (unpaired) electrons. The van der Waals surface area contributed by atoms with Gasteiger partial charge >= 0.3 is 29.1 Å². The number of aromatic nitrogens is 3. The second-order valence-corrected chi connectivity index (χ2v) is 10.1. The van der Waals surface area contributed by atoms with Gasteiger partial charge in [0.25, 0.3) is 5.78 Å². The van der Waals surface area contributed by atoms with Crippen LogP contribution in [0.3, 0.4) is 0 Å². The minimum absolute atomic E-state index is 0.0258. The lowest BCUT2D eigenvalue weighted by atomic mass is 10.1. The van der Waals surface area contributed by atoms with E-state index in [2.05, 4.69) is 20.0 Å². The zero-order chi connectivity index (χ0) is 35.0. The van der Waals surface area contributed by atoms with Gasteiger partial charge in [0.15, 0.2) is 0 Å². The molecule has 1 heterocycles. The van der Waals surface area contributed by atoms with Gasteiger partial charge in [-0.15, -0.1) is 0 Å². The van der Waals surface area contributed by atoms with Crippen molar-refractivity contribution in [3.05, 3.63) is 79.9 Å². The van der Waals surface area contributed by atoms with Gasteiger partial charge in [0.05, 0.1) is 6.54 Å². The van der Waals surface area contributed by atoms with E-state index >= 15 is 0 Å². The molecule has 0 aliphatic rings. The van der Waals surface area contributed by atoms with Crippen LogP contribution in [-0.2, 0) is 48.4 Å². The lowest BCUT2D eigenvalue weighted by Gasteiger charge is -2.13. The fourth-order valence-corrected chi connectivity index (χ4v) is 4.28. The second kappa shape index (κ2) is 22.8. The van der Waals surface area contributed by atoms with Crippen molar-refractivity contribution in [2.45, 2.75) is 71.1 Å². The SMILES string of the molecule is O=C=NCCCCCCn1c(=O)n(CCCCCCNC(=O)OCCO/C=C\OC(=O)C(=O)c2ccccc2)c(=O)n(CN=C=O)c1=O. The molecule has 0 unspecified atom stereocenters. The van der Waals surface area contributed by atoms with E-state index in [0.717, 1.165) is 28.1 Å². The maximum absolute atomic E-state index is 13.0. The molecule has 0 spiro atoms. The number of rotatable bonds is 23. The number of Topliss-reactive ketones (excluding diaryl/α,β-unsaturated/α-hetero) is 1. The Hall–Kier alpha value is -5.66. The van der Waals surface area contributed by atoms with Crippen LogP contribution >= 0.6 is 0 Å². The highest BCUT2D eigenvalue weighted by Gasteiger charge is 2.17. The Balaban J connectivity index is 1.67. The van der Waals surface area contributed by atoms with Gasteiger partial charge in [0.2, 0.25) is 12.2 Å². The Morgan fingerprint density at radius 2 is 1.33 bits per heavy atom. The number of unbranched alkanes of at least 4 members (excludes halogenated alkanes) is 6. The summed E-state index contributed by atoms with van der Waals surface area (Å²) in [6.45, 7) is 0.105. The van der Waals surface area contributed by atoms with Gasteiger partial charge in [-0.05, 0) is 25.7 Å². The molecule has 2 rings (SSSR count). The van der Waals surface area contributed by atoms with Crippen LogP contribution in [0.2, 0.25) is 0 Å². The number of alkyl carbamates (subject to hydrolysis) is 1. The molecule has 17 heteroatoms. The van der Waals surface area contributed by atoms with Crippen molar-refractivity contribution >= 4 is 30.0 Å². The molecule has 0 saturated heterocycles. The lowest BCUT2D eigenvalue weighted by Crippen LogP contribution is -2.54. The third-order valence-corrected chi connectivity index (χ3v) is 6.69. The zero-order valence-corrected chi connectivity index (χ0v) is 26.4. The van der Waals surface area contributed by atoms with Crippen LogP contribution in [0.4, 0.5) is 4.79 Å². The van der Waals surface area contributed by atoms with Crippen molar-refractivity contribution in [2.75, 3.05) is 26.3 Å². The van der Waals surface area contributed by atoms with Crippen LogP contribution in [-0.4, -0.2) is 70.0 Å². The summed E-state index contributed by atoms with van der Waals surface area (Å²) in [6.07, 6.45) is 8.87. The summed E-state index contributed by atoms with van der Waals surface area (Å²) in [5.74, 6) is -1.87. The number of hydrogen-bond donors (Lipinski definition) is 1. The minimum Gasteiger partial charge on any atom is -0.494 e. The van der Waals surface area contributed by atoms with Crippen LogP contribution in [0.25, 0.3) is 0 Å². The number of aliphatic imine (C=N–C) groups is 2. The molecule has 1 N–H and O–H groups in total.